The number of thiazole rings is 1. The number of hydrogen-bond acceptors (Lipinski definition) is 5. The number of amides is 1. The van der Waals surface area contributed by atoms with Gasteiger partial charge in [0.15, 0.2) is 5.13 Å². The first-order valence-electron chi connectivity index (χ1n) is 7.40. The van der Waals surface area contributed by atoms with Gasteiger partial charge in [-0.1, -0.05) is 11.6 Å². The number of nitrogens with zero attached hydrogens (tertiary/aromatic N) is 3. The summed E-state index contributed by atoms with van der Waals surface area (Å²) in [6.07, 6.45) is 1.56. The van der Waals surface area contributed by atoms with Crippen LogP contribution in [0.25, 0.3) is 11.3 Å². The van der Waals surface area contributed by atoms with Crippen molar-refractivity contribution in [2.45, 2.75) is 13.8 Å². The molecule has 0 unspecified atom stereocenters. The molecule has 3 rings (SSSR count). The molecule has 0 aliphatic rings. The van der Waals surface area contributed by atoms with Gasteiger partial charge in [-0.05, 0) is 26.0 Å². The topological polar surface area (TPSA) is 69.0 Å². The highest BCUT2D eigenvalue weighted by molar-refractivity contribution is 7.14. The number of rotatable bonds is 4. The minimum atomic E-state index is -0.210. The maximum Gasteiger partial charge on any atom is 0.260 e. The molecular weight excluding hydrogens is 324 g/mol. The smallest absolute Gasteiger partial charge is 0.260 e. The van der Waals surface area contributed by atoms with Gasteiger partial charge in [-0.15, -0.1) is 11.3 Å². The zero-order valence-corrected chi connectivity index (χ0v) is 14.8. The minimum absolute atomic E-state index is 0.210. The maximum atomic E-state index is 12.3. The molecule has 0 saturated carbocycles. The van der Waals surface area contributed by atoms with Crippen LogP contribution in [0.2, 0.25) is 0 Å². The molecule has 1 N–H and O–H groups in total. The molecule has 0 aliphatic heterocycles. The molecular formula is C17H18N4O2S. The Kier molecular flexibility index (Phi) is 4.35. The molecule has 1 aromatic carbocycles. The molecule has 7 heteroatoms. The largest absolute Gasteiger partial charge is 0.496 e. The minimum Gasteiger partial charge on any atom is -0.496 e. The molecule has 0 bridgehead atoms. The molecule has 0 aliphatic carbocycles. The van der Waals surface area contributed by atoms with E-state index in [4.69, 9.17) is 4.74 Å². The van der Waals surface area contributed by atoms with Crippen molar-refractivity contribution < 1.29 is 9.53 Å². The number of ether oxygens (including phenoxy) is 1. The highest BCUT2D eigenvalue weighted by Gasteiger charge is 2.16. The lowest BCUT2D eigenvalue weighted by molar-refractivity contribution is 0.102. The van der Waals surface area contributed by atoms with Gasteiger partial charge in [-0.2, -0.15) is 5.10 Å². The van der Waals surface area contributed by atoms with Gasteiger partial charge in [-0.3, -0.25) is 14.8 Å². The zero-order chi connectivity index (χ0) is 17.3. The van der Waals surface area contributed by atoms with Crippen molar-refractivity contribution >= 4 is 22.4 Å². The number of aryl methyl sites for hydroxylation is 2. The molecule has 0 fully saturated rings. The van der Waals surface area contributed by atoms with Crippen LogP contribution >= 0.6 is 11.3 Å². The molecule has 124 valence electrons. The SMILES string of the molecule is COc1ccc(C)cc1-c1csc(NC(=O)c2cnn(C)c2C)n1. The molecule has 0 saturated heterocycles. The van der Waals surface area contributed by atoms with Crippen LogP contribution in [0.1, 0.15) is 21.6 Å². The number of carbonyl (C=O) groups is 1. The number of carbonyl (C=O) groups excluding carboxylic acids is 1. The molecule has 0 radical (unpaired) electrons. The fraction of sp³-hybridized carbons (Fsp3) is 0.235. The van der Waals surface area contributed by atoms with Crippen LogP contribution < -0.4 is 10.1 Å². The van der Waals surface area contributed by atoms with Crippen molar-refractivity contribution in [3.8, 4) is 17.0 Å². The van der Waals surface area contributed by atoms with E-state index in [-0.39, 0.29) is 5.91 Å². The van der Waals surface area contributed by atoms with Gasteiger partial charge in [0.1, 0.15) is 5.75 Å². The number of anilines is 1. The lowest BCUT2D eigenvalue weighted by atomic mass is 10.1. The second kappa shape index (κ2) is 6.45. The Bertz CT molecular complexity index is 898. The molecule has 24 heavy (non-hydrogen) atoms. The summed E-state index contributed by atoms with van der Waals surface area (Å²) in [5.74, 6) is 0.546. The summed E-state index contributed by atoms with van der Waals surface area (Å²) in [5, 5.41) is 9.36. The second-order valence-electron chi connectivity index (χ2n) is 5.46. The standard InChI is InChI=1S/C17H18N4O2S/c1-10-5-6-15(23-4)12(7-10)14-9-24-17(19-14)20-16(22)13-8-18-21(3)11(13)2/h5-9H,1-4H3,(H,19,20,22). The van der Waals surface area contributed by atoms with E-state index >= 15 is 0 Å². The first-order chi connectivity index (χ1) is 11.5. The molecule has 0 spiro atoms. The van der Waals surface area contributed by atoms with Gasteiger partial charge in [0.25, 0.3) is 5.91 Å². The van der Waals surface area contributed by atoms with E-state index in [1.165, 1.54) is 11.3 Å². The van der Waals surface area contributed by atoms with Crippen LogP contribution in [0, 0.1) is 13.8 Å². The van der Waals surface area contributed by atoms with Crippen LogP contribution in [0.5, 0.6) is 5.75 Å². The maximum absolute atomic E-state index is 12.3. The number of nitrogens with one attached hydrogen (secondary N) is 1. The third-order valence-corrected chi connectivity index (χ3v) is 4.59. The Morgan fingerprint density at radius 3 is 2.79 bits per heavy atom. The average molecular weight is 342 g/mol. The van der Waals surface area contributed by atoms with Crippen LogP contribution in [0.3, 0.4) is 0 Å². The fourth-order valence-electron chi connectivity index (χ4n) is 2.36. The average Bonchev–Trinajstić information content (AvgIpc) is 3.15. The third-order valence-electron chi connectivity index (χ3n) is 3.84. The molecule has 2 heterocycles. The summed E-state index contributed by atoms with van der Waals surface area (Å²) in [7, 11) is 3.44. The van der Waals surface area contributed by atoms with E-state index in [0.29, 0.717) is 10.7 Å². The van der Waals surface area contributed by atoms with Gasteiger partial charge in [0, 0.05) is 23.7 Å². The number of aromatic nitrogens is 3. The van der Waals surface area contributed by atoms with Gasteiger partial charge in [0.2, 0.25) is 0 Å². The summed E-state index contributed by atoms with van der Waals surface area (Å²) < 4.78 is 7.07. The number of methoxy groups -OCH3 is 1. The molecule has 3 aromatic rings. The van der Waals surface area contributed by atoms with Crippen molar-refractivity contribution in [1.82, 2.24) is 14.8 Å². The van der Waals surface area contributed by atoms with Crippen LogP contribution in [0.15, 0.2) is 29.8 Å². The van der Waals surface area contributed by atoms with E-state index in [2.05, 4.69) is 15.4 Å². The van der Waals surface area contributed by atoms with Gasteiger partial charge in [-0.25, -0.2) is 4.98 Å². The van der Waals surface area contributed by atoms with Crippen LogP contribution in [0.4, 0.5) is 5.13 Å². The highest BCUT2D eigenvalue weighted by atomic mass is 32.1. The van der Waals surface area contributed by atoms with Gasteiger partial charge < -0.3 is 4.74 Å². The molecule has 2 aromatic heterocycles. The van der Waals surface area contributed by atoms with E-state index < -0.39 is 0 Å². The Balaban J connectivity index is 1.85. The van der Waals surface area contributed by atoms with E-state index in [1.54, 1.807) is 25.0 Å². The second-order valence-corrected chi connectivity index (χ2v) is 6.32. The van der Waals surface area contributed by atoms with Crippen molar-refractivity contribution in [2.75, 3.05) is 12.4 Å². The van der Waals surface area contributed by atoms with E-state index in [0.717, 1.165) is 28.3 Å². The Hall–Kier alpha value is -2.67. The lowest BCUT2D eigenvalue weighted by Crippen LogP contribution is -2.12. The number of benzene rings is 1. The quantitative estimate of drug-likeness (QED) is 0.789. The summed E-state index contributed by atoms with van der Waals surface area (Å²) in [6, 6.07) is 5.93. The third kappa shape index (κ3) is 3.03. The molecule has 0 atom stereocenters. The van der Waals surface area contributed by atoms with Crippen molar-refractivity contribution in [1.29, 1.82) is 0 Å². The van der Waals surface area contributed by atoms with E-state index in [1.807, 2.05) is 37.4 Å². The number of hydrogen-bond donors (Lipinski definition) is 1. The van der Waals surface area contributed by atoms with Crippen molar-refractivity contribution in [3.05, 3.63) is 46.6 Å². The lowest BCUT2D eigenvalue weighted by Gasteiger charge is -2.07. The predicted molar refractivity (Wildman–Crippen MR) is 94.7 cm³/mol. The van der Waals surface area contributed by atoms with Gasteiger partial charge >= 0.3 is 0 Å². The predicted octanol–water partition coefficient (Wildman–Crippen LogP) is 3.42. The fourth-order valence-corrected chi connectivity index (χ4v) is 3.07. The molecule has 1 amide bonds. The van der Waals surface area contributed by atoms with Crippen molar-refractivity contribution in [3.63, 3.8) is 0 Å². The highest BCUT2D eigenvalue weighted by Crippen LogP contribution is 2.33. The Morgan fingerprint density at radius 1 is 1.33 bits per heavy atom. The van der Waals surface area contributed by atoms with Crippen molar-refractivity contribution in [2.24, 2.45) is 7.05 Å². The summed E-state index contributed by atoms with van der Waals surface area (Å²) >= 11 is 1.38. The van der Waals surface area contributed by atoms with Gasteiger partial charge in [0.05, 0.1) is 24.6 Å². The summed E-state index contributed by atoms with van der Waals surface area (Å²) in [6.45, 7) is 3.87. The van der Waals surface area contributed by atoms with Crippen LogP contribution in [-0.4, -0.2) is 27.8 Å². The summed E-state index contributed by atoms with van der Waals surface area (Å²) in [5.41, 5.74) is 4.16. The van der Waals surface area contributed by atoms with E-state index in [9.17, 15) is 4.79 Å². The first kappa shape index (κ1) is 16.2. The zero-order valence-electron chi connectivity index (χ0n) is 14.0. The van der Waals surface area contributed by atoms with Crippen LogP contribution in [-0.2, 0) is 7.05 Å². The first-order valence-corrected chi connectivity index (χ1v) is 8.28. The summed E-state index contributed by atoms with van der Waals surface area (Å²) in [4.78, 5) is 16.9. The molecule has 6 nitrogen and oxygen atoms in total. The Labute approximate surface area is 144 Å². The Morgan fingerprint density at radius 2 is 2.12 bits per heavy atom. The normalized spacial score (nSPS) is 10.7. The monoisotopic (exact) mass is 342 g/mol.